The van der Waals surface area contributed by atoms with E-state index in [9.17, 15) is 0 Å². The second kappa shape index (κ2) is 7.40. The highest BCUT2D eigenvalue weighted by Crippen LogP contribution is 2.31. The largest absolute Gasteiger partial charge is 0.496 e. The van der Waals surface area contributed by atoms with Gasteiger partial charge in [-0.3, -0.25) is 5.10 Å². The Balaban J connectivity index is 1.86. The molecular formula is C16H19BrN4OS. The molecular weight excluding hydrogens is 376 g/mol. The summed E-state index contributed by atoms with van der Waals surface area (Å²) in [5.41, 5.74) is 0.968. The van der Waals surface area contributed by atoms with Crippen molar-refractivity contribution in [2.75, 3.05) is 7.11 Å². The van der Waals surface area contributed by atoms with Crippen LogP contribution < -0.4 is 4.74 Å². The molecule has 1 fully saturated rings. The number of hydrogen-bond donors (Lipinski definition) is 1. The van der Waals surface area contributed by atoms with Gasteiger partial charge in [-0.2, -0.15) is 14.9 Å². The van der Waals surface area contributed by atoms with E-state index in [2.05, 4.69) is 31.2 Å². The van der Waals surface area contributed by atoms with Crippen molar-refractivity contribution in [2.24, 2.45) is 5.10 Å². The van der Waals surface area contributed by atoms with Crippen LogP contribution in [0.15, 0.2) is 27.8 Å². The van der Waals surface area contributed by atoms with Crippen LogP contribution in [0.5, 0.6) is 5.75 Å². The van der Waals surface area contributed by atoms with Crippen molar-refractivity contribution in [1.29, 1.82) is 0 Å². The van der Waals surface area contributed by atoms with Crippen LogP contribution in [0.25, 0.3) is 0 Å². The molecule has 0 unspecified atom stereocenters. The van der Waals surface area contributed by atoms with E-state index in [4.69, 9.17) is 17.0 Å². The molecule has 7 heteroatoms. The van der Waals surface area contributed by atoms with Gasteiger partial charge in [0.15, 0.2) is 5.82 Å². The predicted octanol–water partition coefficient (Wildman–Crippen LogP) is 4.64. The van der Waals surface area contributed by atoms with Crippen molar-refractivity contribution in [1.82, 2.24) is 14.9 Å². The quantitative estimate of drug-likeness (QED) is 0.606. The number of ether oxygens (including phenoxy) is 1. The Morgan fingerprint density at radius 2 is 2.17 bits per heavy atom. The molecule has 122 valence electrons. The molecule has 0 spiro atoms. The van der Waals surface area contributed by atoms with E-state index >= 15 is 0 Å². The van der Waals surface area contributed by atoms with Crippen LogP contribution >= 0.6 is 28.1 Å². The van der Waals surface area contributed by atoms with E-state index in [1.165, 1.54) is 19.3 Å². The Labute approximate surface area is 148 Å². The number of methoxy groups -OCH3 is 1. The summed E-state index contributed by atoms with van der Waals surface area (Å²) in [6.45, 7) is 0. The van der Waals surface area contributed by atoms with Crippen LogP contribution in [0.1, 0.15) is 49.4 Å². The topological polar surface area (TPSA) is 55.2 Å². The van der Waals surface area contributed by atoms with Crippen LogP contribution in [0.2, 0.25) is 0 Å². The van der Waals surface area contributed by atoms with E-state index in [1.807, 2.05) is 18.2 Å². The Hall–Kier alpha value is -1.47. The number of aromatic amines is 1. The van der Waals surface area contributed by atoms with Gasteiger partial charge in [-0.25, -0.2) is 0 Å². The minimum atomic E-state index is 0.441. The number of nitrogens with zero attached hydrogens (tertiary/aromatic N) is 3. The number of aromatic nitrogens is 3. The van der Waals surface area contributed by atoms with Crippen molar-refractivity contribution >= 4 is 34.4 Å². The van der Waals surface area contributed by atoms with Crippen LogP contribution in [0.3, 0.4) is 0 Å². The maximum atomic E-state index is 5.32. The third-order valence-electron chi connectivity index (χ3n) is 4.14. The van der Waals surface area contributed by atoms with Crippen molar-refractivity contribution in [3.8, 4) is 5.75 Å². The predicted molar refractivity (Wildman–Crippen MR) is 96.9 cm³/mol. The minimum Gasteiger partial charge on any atom is -0.496 e. The maximum absolute atomic E-state index is 5.32. The highest BCUT2D eigenvalue weighted by atomic mass is 79.9. The van der Waals surface area contributed by atoms with Crippen LogP contribution in [-0.2, 0) is 0 Å². The Morgan fingerprint density at radius 1 is 1.39 bits per heavy atom. The standard InChI is InChI=1S/C16H19BrN4OS/c1-22-14-8-7-11(9-13(14)17)10-18-21-15(19-20-16(21)23)12-5-3-2-4-6-12/h7-10,12H,2-6H2,1H3,(H,20,23)/b18-10-. The fourth-order valence-electron chi connectivity index (χ4n) is 2.93. The molecule has 2 aromatic rings. The normalized spacial score (nSPS) is 16.1. The SMILES string of the molecule is COc1ccc(/C=N\n2c(C3CCCCC3)n[nH]c2=S)cc1Br. The first kappa shape index (κ1) is 16.4. The molecule has 1 aliphatic carbocycles. The number of nitrogens with one attached hydrogen (secondary N) is 1. The molecule has 1 N–H and O–H groups in total. The third kappa shape index (κ3) is 3.72. The molecule has 0 radical (unpaired) electrons. The van der Waals surface area contributed by atoms with Crippen molar-refractivity contribution in [2.45, 2.75) is 38.0 Å². The summed E-state index contributed by atoms with van der Waals surface area (Å²) in [5, 5.41) is 11.8. The molecule has 0 aliphatic heterocycles. The van der Waals surface area contributed by atoms with Gasteiger partial charge >= 0.3 is 0 Å². The van der Waals surface area contributed by atoms with E-state index in [0.29, 0.717) is 10.7 Å². The molecule has 23 heavy (non-hydrogen) atoms. The summed E-state index contributed by atoms with van der Waals surface area (Å²) in [4.78, 5) is 0. The molecule has 0 bridgehead atoms. The van der Waals surface area contributed by atoms with E-state index in [-0.39, 0.29) is 0 Å². The molecule has 0 atom stereocenters. The first-order chi connectivity index (χ1) is 11.2. The Morgan fingerprint density at radius 3 is 2.87 bits per heavy atom. The summed E-state index contributed by atoms with van der Waals surface area (Å²) in [7, 11) is 1.65. The lowest BCUT2D eigenvalue weighted by molar-refractivity contribution is 0.412. The average Bonchev–Trinajstić information content (AvgIpc) is 2.94. The van der Waals surface area contributed by atoms with Crippen molar-refractivity contribution < 1.29 is 4.74 Å². The fourth-order valence-corrected chi connectivity index (χ4v) is 3.67. The van der Waals surface area contributed by atoms with Crippen LogP contribution in [0, 0.1) is 4.77 Å². The molecule has 1 heterocycles. The minimum absolute atomic E-state index is 0.441. The van der Waals surface area contributed by atoms with Gasteiger partial charge < -0.3 is 4.74 Å². The molecule has 5 nitrogen and oxygen atoms in total. The summed E-state index contributed by atoms with van der Waals surface area (Å²) >= 11 is 8.81. The molecule has 0 amide bonds. The lowest BCUT2D eigenvalue weighted by Gasteiger charge is -2.19. The monoisotopic (exact) mass is 394 g/mol. The van der Waals surface area contributed by atoms with Gasteiger partial charge in [0.05, 0.1) is 17.8 Å². The van der Waals surface area contributed by atoms with Crippen molar-refractivity contribution in [3.05, 3.63) is 38.8 Å². The van der Waals surface area contributed by atoms with Gasteiger partial charge in [-0.05, 0) is 64.8 Å². The lowest BCUT2D eigenvalue weighted by Crippen LogP contribution is -2.10. The zero-order valence-electron chi connectivity index (χ0n) is 13.0. The maximum Gasteiger partial charge on any atom is 0.216 e. The van der Waals surface area contributed by atoms with E-state index < -0.39 is 0 Å². The number of rotatable bonds is 4. The number of hydrogen-bond acceptors (Lipinski definition) is 4. The Kier molecular flexibility index (Phi) is 5.27. The highest BCUT2D eigenvalue weighted by Gasteiger charge is 2.21. The van der Waals surface area contributed by atoms with Gasteiger partial charge in [0.1, 0.15) is 5.75 Å². The molecule has 3 rings (SSSR count). The third-order valence-corrected chi connectivity index (χ3v) is 5.03. The number of halogens is 1. The second-order valence-electron chi connectivity index (χ2n) is 5.67. The first-order valence-corrected chi connectivity index (χ1v) is 8.94. The van der Waals surface area contributed by atoms with Gasteiger partial charge in [-0.1, -0.05) is 19.3 Å². The number of H-pyrrole nitrogens is 1. The lowest BCUT2D eigenvalue weighted by atomic mass is 9.89. The molecule has 1 aromatic carbocycles. The smallest absolute Gasteiger partial charge is 0.216 e. The average molecular weight is 395 g/mol. The summed E-state index contributed by atoms with van der Waals surface area (Å²) < 4.78 is 8.43. The summed E-state index contributed by atoms with van der Waals surface area (Å²) in [6, 6.07) is 5.82. The molecule has 1 aliphatic rings. The van der Waals surface area contributed by atoms with Gasteiger partial charge in [0.25, 0.3) is 0 Å². The summed E-state index contributed by atoms with van der Waals surface area (Å²) in [5.74, 6) is 2.18. The highest BCUT2D eigenvalue weighted by molar-refractivity contribution is 9.10. The van der Waals surface area contributed by atoms with Crippen molar-refractivity contribution in [3.63, 3.8) is 0 Å². The number of benzene rings is 1. The molecule has 1 aromatic heterocycles. The van der Waals surface area contributed by atoms with Crippen LogP contribution in [0.4, 0.5) is 0 Å². The first-order valence-electron chi connectivity index (χ1n) is 7.74. The second-order valence-corrected chi connectivity index (χ2v) is 6.91. The zero-order chi connectivity index (χ0) is 16.2. The van der Waals surface area contributed by atoms with Gasteiger partial charge in [-0.15, -0.1) is 0 Å². The van der Waals surface area contributed by atoms with E-state index in [1.54, 1.807) is 18.0 Å². The van der Waals surface area contributed by atoms with E-state index in [0.717, 1.165) is 34.5 Å². The molecule has 0 saturated heterocycles. The fraction of sp³-hybridized carbons (Fsp3) is 0.438. The van der Waals surface area contributed by atoms with Gasteiger partial charge in [0, 0.05) is 5.92 Å². The van der Waals surface area contributed by atoms with Gasteiger partial charge in [0.2, 0.25) is 4.77 Å². The Bertz CT molecular complexity index is 762. The van der Waals surface area contributed by atoms with Crippen LogP contribution in [-0.4, -0.2) is 28.2 Å². The summed E-state index contributed by atoms with van der Waals surface area (Å²) in [6.07, 6.45) is 7.91. The zero-order valence-corrected chi connectivity index (χ0v) is 15.4. The molecule has 1 saturated carbocycles.